The molecular formula is C11H14O3. The summed E-state index contributed by atoms with van der Waals surface area (Å²) in [6, 6.07) is 0. The van der Waals surface area contributed by atoms with Gasteiger partial charge in [0.25, 0.3) is 0 Å². The van der Waals surface area contributed by atoms with Crippen molar-refractivity contribution in [2.45, 2.75) is 25.6 Å². The van der Waals surface area contributed by atoms with Gasteiger partial charge < -0.3 is 9.84 Å². The predicted molar refractivity (Wildman–Crippen MR) is 51.8 cm³/mol. The molecule has 2 fully saturated rings. The van der Waals surface area contributed by atoms with Gasteiger partial charge in [0, 0.05) is 17.4 Å². The lowest BCUT2D eigenvalue weighted by atomic mass is 10.1. The van der Waals surface area contributed by atoms with Crippen molar-refractivity contribution in [3.8, 4) is 0 Å². The van der Waals surface area contributed by atoms with Crippen LogP contribution in [0.15, 0.2) is 24.3 Å². The zero-order valence-corrected chi connectivity index (χ0v) is 8.14. The van der Waals surface area contributed by atoms with Crippen LogP contribution in [0.5, 0.6) is 0 Å². The van der Waals surface area contributed by atoms with E-state index in [9.17, 15) is 4.79 Å². The van der Waals surface area contributed by atoms with Crippen LogP contribution in [-0.4, -0.2) is 23.3 Å². The summed E-state index contributed by atoms with van der Waals surface area (Å²) in [7, 11) is 0. The van der Waals surface area contributed by atoms with E-state index >= 15 is 0 Å². The fourth-order valence-electron chi connectivity index (χ4n) is 2.07. The van der Waals surface area contributed by atoms with Gasteiger partial charge in [-0.15, -0.1) is 0 Å². The number of carboxylic acids is 1. The van der Waals surface area contributed by atoms with Crippen LogP contribution in [0.2, 0.25) is 0 Å². The van der Waals surface area contributed by atoms with Crippen LogP contribution in [0.4, 0.5) is 0 Å². The second kappa shape index (κ2) is 3.24. The van der Waals surface area contributed by atoms with Gasteiger partial charge in [0.2, 0.25) is 0 Å². The Labute approximate surface area is 83.1 Å². The standard InChI is InChI=1S/C7H8O.C4H6O2/c1-2-5-3-4(1)6-7(5)8-6;1-3(2)4(5)6/h1-2,4-7H,3H2;1H2,2H3,(H,5,6). The molecule has 0 amide bonds. The molecule has 2 bridgehead atoms. The molecule has 0 radical (unpaired) electrons. The fourth-order valence-corrected chi connectivity index (χ4v) is 2.07. The number of ether oxygens (including phenoxy) is 1. The zero-order chi connectivity index (χ0) is 10.3. The molecule has 1 heterocycles. The Morgan fingerprint density at radius 1 is 1.43 bits per heavy atom. The first-order valence-corrected chi connectivity index (χ1v) is 4.82. The van der Waals surface area contributed by atoms with Crippen LogP contribution in [0.1, 0.15) is 13.3 Å². The van der Waals surface area contributed by atoms with E-state index in [1.165, 1.54) is 13.3 Å². The highest BCUT2D eigenvalue weighted by Crippen LogP contribution is 2.52. The minimum atomic E-state index is -0.935. The molecule has 0 aromatic heterocycles. The van der Waals surface area contributed by atoms with Gasteiger partial charge in [-0.1, -0.05) is 18.7 Å². The van der Waals surface area contributed by atoms with E-state index < -0.39 is 5.97 Å². The number of aliphatic carboxylic acids is 1. The van der Waals surface area contributed by atoms with E-state index in [0.717, 1.165) is 11.8 Å². The van der Waals surface area contributed by atoms with Gasteiger partial charge in [0.15, 0.2) is 0 Å². The largest absolute Gasteiger partial charge is 0.478 e. The molecule has 14 heavy (non-hydrogen) atoms. The molecule has 3 nitrogen and oxygen atoms in total. The average Bonchev–Trinajstić information content (AvgIpc) is 2.72. The SMILES string of the molecule is C1=CC2CC1C1OC21.C=C(C)C(=O)O. The monoisotopic (exact) mass is 194 g/mol. The Balaban J connectivity index is 0.000000115. The Bertz CT molecular complexity index is 278. The smallest absolute Gasteiger partial charge is 0.330 e. The predicted octanol–water partition coefficient (Wildman–Crippen LogP) is 1.61. The van der Waals surface area contributed by atoms with E-state index in [4.69, 9.17) is 9.84 Å². The summed E-state index contributed by atoms with van der Waals surface area (Å²) in [5.41, 5.74) is 0.176. The summed E-state index contributed by atoms with van der Waals surface area (Å²) in [5, 5.41) is 7.89. The highest BCUT2D eigenvalue weighted by atomic mass is 16.6. The van der Waals surface area contributed by atoms with Gasteiger partial charge in [0.1, 0.15) is 0 Å². The zero-order valence-electron chi connectivity index (χ0n) is 8.14. The van der Waals surface area contributed by atoms with Gasteiger partial charge in [-0.05, 0) is 13.3 Å². The number of carboxylic acid groups (broad SMARTS) is 1. The molecule has 1 aliphatic heterocycles. The lowest BCUT2D eigenvalue weighted by Gasteiger charge is -1.97. The highest BCUT2D eigenvalue weighted by molar-refractivity contribution is 5.84. The summed E-state index contributed by atoms with van der Waals surface area (Å²) in [6.45, 7) is 4.60. The maximum atomic E-state index is 9.60. The summed E-state index contributed by atoms with van der Waals surface area (Å²) in [4.78, 5) is 9.60. The second-order valence-corrected chi connectivity index (χ2v) is 4.10. The van der Waals surface area contributed by atoms with Crippen molar-refractivity contribution < 1.29 is 14.6 Å². The number of carbonyl (C=O) groups is 1. The molecule has 2 aliphatic carbocycles. The molecule has 4 atom stereocenters. The Hall–Kier alpha value is -1.09. The summed E-state index contributed by atoms with van der Waals surface area (Å²) in [5.74, 6) is 0.685. The third-order valence-corrected chi connectivity index (χ3v) is 2.92. The third kappa shape index (κ3) is 1.60. The van der Waals surface area contributed by atoms with Gasteiger partial charge in [-0.25, -0.2) is 4.79 Å². The second-order valence-electron chi connectivity index (χ2n) is 4.10. The van der Waals surface area contributed by atoms with Gasteiger partial charge in [-0.3, -0.25) is 0 Å². The highest BCUT2D eigenvalue weighted by Gasteiger charge is 2.57. The van der Waals surface area contributed by atoms with E-state index in [2.05, 4.69) is 18.7 Å². The van der Waals surface area contributed by atoms with Crippen LogP contribution in [-0.2, 0) is 9.53 Å². The van der Waals surface area contributed by atoms with Crippen molar-refractivity contribution in [2.75, 3.05) is 0 Å². The van der Waals surface area contributed by atoms with E-state index in [1.807, 2.05) is 0 Å². The van der Waals surface area contributed by atoms with Crippen LogP contribution >= 0.6 is 0 Å². The summed E-state index contributed by atoms with van der Waals surface area (Å²) >= 11 is 0. The topological polar surface area (TPSA) is 49.8 Å². The van der Waals surface area contributed by atoms with Crippen LogP contribution < -0.4 is 0 Å². The fraction of sp³-hybridized carbons (Fsp3) is 0.545. The molecule has 3 rings (SSSR count). The number of rotatable bonds is 1. The van der Waals surface area contributed by atoms with Crippen molar-refractivity contribution >= 4 is 5.97 Å². The number of hydrogen-bond donors (Lipinski definition) is 1. The van der Waals surface area contributed by atoms with Gasteiger partial charge >= 0.3 is 5.97 Å². The molecule has 3 heteroatoms. The molecule has 1 N–H and O–H groups in total. The summed E-state index contributed by atoms with van der Waals surface area (Å²) in [6.07, 6.45) is 7.34. The van der Waals surface area contributed by atoms with Crippen molar-refractivity contribution in [3.05, 3.63) is 24.3 Å². The number of epoxide rings is 1. The first-order valence-electron chi connectivity index (χ1n) is 4.82. The third-order valence-electron chi connectivity index (χ3n) is 2.92. The molecular weight excluding hydrogens is 180 g/mol. The minimum absolute atomic E-state index is 0.176. The van der Waals surface area contributed by atoms with E-state index in [0.29, 0.717) is 12.2 Å². The summed E-state index contributed by atoms with van der Waals surface area (Å²) < 4.78 is 5.38. The molecule has 3 aliphatic rings. The van der Waals surface area contributed by atoms with Crippen molar-refractivity contribution in [2.24, 2.45) is 11.8 Å². The van der Waals surface area contributed by atoms with E-state index in [1.54, 1.807) is 0 Å². The maximum Gasteiger partial charge on any atom is 0.330 e. The lowest BCUT2D eigenvalue weighted by Crippen LogP contribution is -1.98. The Kier molecular flexibility index (Phi) is 2.19. The maximum absolute atomic E-state index is 9.60. The molecule has 1 saturated carbocycles. The minimum Gasteiger partial charge on any atom is -0.478 e. The Morgan fingerprint density at radius 2 is 1.86 bits per heavy atom. The first-order chi connectivity index (χ1) is 6.59. The van der Waals surface area contributed by atoms with Gasteiger partial charge in [-0.2, -0.15) is 0 Å². The Morgan fingerprint density at radius 3 is 2.07 bits per heavy atom. The average molecular weight is 194 g/mol. The molecule has 1 saturated heterocycles. The van der Waals surface area contributed by atoms with E-state index in [-0.39, 0.29) is 5.57 Å². The normalized spacial score (nSPS) is 39.8. The van der Waals surface area contributed by atoms with Crippen LogP contribution in [0.25, 0.3) is 0 Å². The molecule has 0 aromatic carbocycles. The molecule has 76 valence electrons. The first kappa shape index (κ1) is 9.46. The van der Waals surface area contributed by atoms with Crippen LogP contribution in [0.3, 0.4) is 0 Å². The van der Waals surface area contributed by atoms with Crippen molar-refractivity contribution in [1.29, 1.82) is 0 Å². The van der Waals surface area contributed by atoms with Crippen molar-refractivity contribution in [3.63, 3.8) is 0 Å². The quantitative estimate of drug-likeness (QED) is 0.392. The lowest BCUT2D eigenvalue weighted by molar-refractivity contribution is -0.132. The number of fused-ring (bicyclic) bond motifs is 5. The van der Waals surface area contributed by atoms with Gasteiger partial charge in [0.05, 0.1) is 12.2 Å². The number of hydrogen-bond acceptors (Lipinski definition) is 2. The molecule has 0 aromatic rings. The van der Waals surface area contributed by atoms with Crippen molar-refractivity contribution in [1.82, 2.24) is 0 Å². The van der Waals surface area contributed by atoms with Crippen LogP contribution in [0, 0.1) is 11.8 Å². The molecule has 0 spiro atoms. The molecule has 4 unspecified atom stereocenters.